The van der Waals surface area contributed by atoms with E-state index in [1.54, 1.807) is 6.92 Å². The molecule has 1 rings (SSSR count). The van der Waals surface area contributed by atoms with Crippen molar-refractivity contribution < 1.29 is 14.6 Å². The van der Waals surface area contributed by atoms with Gasteiger partial charge in [-0.2, -0.15) is 0 Å². The smallest absolute Gasteiger partial charge is 0.338 e. The SMILES string of the molecule is COC(=O)c1cc(O)c(N)cc1C. The van der Waals surface area contributed by atoms with Crippen LogP contribution in [0.1, 0.15) is 15.9 Å². The number of hydrogen-bond acceptors (Lipinski definition) is 4. The summed E-state index contributed by atoms with van der Waals surface area (Å²) >= 11 is 0. The van der Waals surface area contributed by atoms with Crippen molar-refractivity contribution in [3.63, 3.8) is 0 Å². The molecule has 0 spiro atoms. The molecule has 4 heteroatoms. The Morgan fingerprint density at radius 1 is 1.54 bits per heavy atom. The zero-order valence-electron chi connectivity index (χ0n) is 7.50. The summed E-state index contributed by atoms with van der Waals surface area (Å²) in [5, 5.41) is 9.24. The molecule has 0 saturated heterocycles. The molecule has 13 heavy (non-hydrogen) atoms. The second-order valence-electron chi connectivity index (χ2n) is 2.72. The molecule has 0 radical (unpaired) electrons. The van der Waals surface area contributed by atoms with E-state index < -0.39 is 5.97 Å². The first kappa shape index (κ1) is 9.38. The van der Waals surface area contributed by atoms with E-state index in [1.807, 2.05) is 0 Å². The number of aromatic hydroxyl groups is 1. The number of nitrogen functional groups attached to an aromatic ring is 1. The van der Waals surface area contributed by atoms with Gasteiger partial charge in [-0.05, 0) is 24.6 Å². The largest absolute Gasteiger partial charge is 0.506 e. The van der Waals surface area contributed by atoms with E-state index >= 15 is 0 Å². The number of ether oxygens (including phenoxy) is 1. The highest BCUT2D eigenvalue weighted by Gasteiger charge is 2.11. The maximum atomic E-state index is 11.1. The first-order chi connectivity index (χ1) is 6.06. The van der Waals surface area contributed by atoms with Gasteiger partial charge in [0, 0.05) is 0 Å². The van der Waals surface area contributed by atoms with E-state index in [2.05, 4.69) is 4.74 Å². The highest BCUT2D eigenvalue weighted by molar-refractivity contribution is 5.92. The van der Waals surface area contributed by atoms with E-state index in [-0.39, 0.29) is 11.4 Å². The average molecular weight is 181 g/mol. The van der Waals surface area contributed by atoms with Crippen LogP contribution in [-0.2, 0) is 4.74 Å². The van der Waals surface area contributed by atoms with Crippen LogP contribution in [0.2, 0.25) is 0 Å². The first-order valence-electron chi connectivity index (χ1n) is 3.73. The minimum Gasteiger partial charge on any atom is -0.506 e. The van der Waals surface area contributed by atoms with Crippen molar-refractivity contribution in [1.29, 1.82) is 0 Å². The van der Waals surface area contributed by atoms with Gasteiger partial charge in [-0.15, -0.1) is 0 Å². The Morgan fingerprint density at radius 2 is 2.15 bits per heavy atom. The van der Waals surface area contributed by atoms with Crippen LogP contribution in [0.3, 0.4) is 0 Å². The number of benzene rings is 1. The molecule has 0 atom stereocenters. The Kier molecular flexibility index (Phi) is 2.41. The molecule has 0 amide bonds. The van der Waals surface area contributed by atoms with Gasteiger partial charge in [0.05, 0.1) is 18.4 Å². The lowest BCUT2D eigenvalue weighted by Crippen LogP contribution is -2.04. The number of hydrogen-bond donors (Lipinski definition) is 2. The fourth-order valence-electron chi connectivity index (χ4n) is 1.05. The number of anilines is 1. The summed E-state index contributed by atoms with van der Waals surface area (Å²) < 4.78 is 4.52. The lowest BCUT2D eigenvalue weighted by Gasteiger charge is -2.06. The van der Waals surface area contributed by atoms with Gasteiger partial charge in [0.1, 0.15) is 5.75 Å². The summed E-state index contributed by atoms with van der Waals surface area (Å²) in [4.78, 5) is 11.1. The Morgan fingerprint density at radius 3 is 2.69 bits per heavy atom. The van der Waals surface area contributed by atoms with Crippen LogP contribution in [0.4, 0.5) is 5.69 Å². The lowest BCUT2D eigenvalue weighted by molar-refractivity contribution is 0.0599. The summed E-state index contributed by atoms with van der Waals surface area (Å²) in [6, 6.07) is 2.83. The van der Waals surface area contributed by atoms with Crippen LogP contribution in [-0.4, -0.2) is 18.2 Å². The number of esters is 1. The molecule has 0 unspecified atom stereocenters. The summed E-state index contributed by atoms with van der Waals surface area (Å²) in [6.45, 7) is 1.72. The monoisotopic (exact) mass is 181 g/mol. The summed E-state index contributed by atoms with van der Waals surface area (Å²) in [5.41, 5.74) is 6.69. The van der Waals surface area contributed by atoms with Crippen molar-refractivity contribution in [3.05, 3.63) is 23.3 Å². The van der Waals surface area contributed by atoms with Gasteiger partial charge in [0.2, 0.25) is 0 Å². The first-order valence-corrected chi connectivity index (χ1v) is 3.73. The topological polar surface area (TPSA) is 72.5 Å². The summed E-state index contributed by atoms with van der Waals surface area (Å²) in [7, 11) is 1.29. The Labute approximate surface area is 75.9 Å². The third kappa shape index (κ3) is 1.72. The number of rotatable bonds is 1. The van der Waals surface area contributed by atoms with Gasteiger partial charge in [-0.3, -0.25) is 0 Å². The van der Waals surface area contributed by atoms with Gasteiger partial charge >= 0.3 is 5.97 Å². The molecule has 0 aliphatic rings. The van der Waals surface area contributed by atoms with Crippen molar-refractivity contribution >= 4 is 11.7 Å². The third-order valence-electron chi connectivity index (χ3n) is 1.78. The maximum absolute atomic E-state index is 11.1. The van der Waals surface area contributed by atoms with Crippen molar-refractivity contribution in [2.75, 3.05) is 12.8 Å². The van der Waals surface area contributed by atoms with E-state index in [0.29, 0.717) is 11.1 Å². The highest BCUT2D eigenvalue weighted by atomic mass is 16.5. The quantitative estimate of drug-likeness (QED) is 0.386. The molecule has 0 fully saturated rings. The Balaban J connectivity index is 3.23. The molecule has 0 heterocycles. The molecule has 3 N–H and O–H groups in total. The Bertz CT molecular complexity index is 347. The van der Waals surface area contributed by atoms with E-state index in [9.17, 15) is 9.90 Å². The van der Waals surface area contributed by atoms with Gasteiger partial charge in [-0.1, -0.05) is 0 Å². The lowest BCUT2D eigenvalue weighted by atomic mass is 10.1. The average Bonchev–Trinajstić information content (AvgIpc) is 2.10. The zero-order valence-corrected chi connectivity index (χ0v) is 7.50. The Hall–Kier alpha value is -1.71. The number of carbonyl (C=O) groups excluding carboxylic acids is 1. The predicted octanol–water partition coefficient (Wildman–Crippen LogP) is 1.07. The molecule has 0 bridgehead atoms. The normalized spacial score (nSPS) is 9.69. The second-order valence-corrected chi connectivity index (χ2v) is 2.72. The van der Waals surface area contributed by atoms with Gasteiger partial charge < -0.3 is 15.6 Å². The number of carbonyl (C=O) groups is 1. The van der Waals surface area contributed by atoms with Crippen LogP contribution in [0.25, 0.3) is 0 Å². The fraction of sp³-hybridized carbons (Fsp3) is 0.222. The van der Waals surface area contributed by atoms with Crippen LogP contribution >= 0.6 is 0 Å². The molecule has 0 aliphatic heterocycles. The fourth-order valence-corrected chi connectivity index (χ4v) is 1.05. The molecule has 0 aliphatic carbocycles. The molecular weight excluding hydrogens is 170 g/mol. The molecule has 4 nitrogen and oxygen atoms in total. The van der Waals surface area contributed by atoms with Crippen molar-refractivity contribution in [2.45, 2.75) is 6.92 Å². The van der Waals surface area contributed by atoms with Gasteiger partial charge in [0.15, 0.2) is 0 Å². The standard InChI is InChI=1S/C9H11NO3/c1-5-3-7(10)8(11)4-6(5)9(12)13-2/h3-4,11H,10H2,1-2H3. The van der Waals surface area contributed by atoms with Gasteiger partial charge in [0.25, 0.3) is 0 Å². The van der Waals surface area contributed by atoms with Crippen molar-refractivity contribution in [2.24, 2.45) is 0 Å². The molecular formula is C9H11NO3. The highest BCUT2D eigenvalue weighted by Crippen LogP contribution is 2.24. The molecule has 1 aromatic rings. The number of phenolic OH excluding ortho intramolecular Hbond substituents is 1. The maximum Gasteiger partial charge on any atom is 0.338 e. The number of phenols is 1. The molecule has 70 valence electrons. The molecule has 0 saturated carbocycles. The second kappa shape index (κ2) is 3.35. The third-order valence-corrected chi connectivity index (χ3v) is 1.78. The van der Waals surface area contributed by atoms with Crippen molar-refractivity contribution in [1.82, 2.24) is 0 Å². The van der Waals surface area contributed by atoms with Crippen LogP contribution in [0.5, 0.6) is 5.75 Å². The van der Waals surface area contributed by atoms with Crippen molar-refractivity contribution in [3.8, 4) is 5.75 Å². The molecule has 0 aromatic heterocycles. The minimum absolute atomic E-state index is 0.106. The molecule has 1 aromatic carbocycles. The summed E-state index contributed by atoms with van der Waals surface area (Å²) in [6.07, 6.45) is 0. The van der Waals surface area contributed by atoms with E-state index in [4.69, 9.17) is 5.73 Å². The van der Waals surface area contributed by atoms with E-state index in [1.165, 1.54) is 19.2 Å². The van der Waals surface area contributed by atoms with Gasteiger partial charge in [-0.25, -0.2) is 4.79 Å². The number of nitrogens with two attached hydrogens (primary N) is 1. The van der Waals surface area contributed by atoms with Crippen LogP contribution in [0.15, 0.2) is 12.1 Å². The van der Waals surface area contributed by atoms with Crippen LogP contribution < -0.4 is 5.73 Å². The zero-order chi connectivity index (χ0) is 10.0. The number of methoxy groups -OCH3 is 1. The van der Waals surface area contributed by atoms with Crippen LogP contribution in [0, 0.1) is 6.92 Å². The summed E-state index contributed by atoms with van der Waals surface area (Å²) in [5.74, 6) is -0.584. The predicted molar refractivity (Wildman–Crippen MR) is 48.6 cm³/mol. The minimum atomic E-state index is -0.479. The number of aryl methyl sites for hydroxylation is 1. The van der Waals surface area contributed by atoms with E-state index in [0.717, 1.165) is 0 Å².